The van der Waals surface area contributed by atoms with Crippen LogP contribution in [0.1, 0.15) is 22.8 Å². The van der Waals surface area contributed by atoms with Crippen molar-refractivity contribution in [2.24, 2.45) is 0 Å². The van der Waals surface area contributed by atoms with Crippen LogP contribution >= 0.6 is 27.3 Å². The molecule has 2 aromatic rings. The van der Waals surface area contributed by atoms with Crippen molar-refractivity contribution < 1.29 is 9.15 Å². The van der Waals surface area contributed by atoms with E-state index in [0.717, 1.165) is 20.9 Å². The van der Waals surface area contributed by atoms with E-state index in [1.807, 2.05) is 6.92 Å². The SMILES string of the molecule is Cc1coc(C2COc3c2csc3Br)c1. The third-order valence-corrected chi connectivity index (χ3v) is 4.28. The van der Waals surface area contributed by atoms with Crippen LogP contribution in [0.4, 0.5) is 0 Å². The highest BCUT2D eigenvalue weighted by Crippen LogP contribution is 2.46. The Morgan fingerprint density at radius 3 is 3.13 bits per heavy atom. The fourth-order valence-electron chi connectivity index (χ4n) is 1.84. The van der Waals surface area contributed by atoms with Gasteiger partial charge in [0.15, 0.2) is 0 Å². The normalized spacial score (nSPS) is 18.9. The fourth-order valence-corrected chi connectivity index (χ4v) is 3.25. The maximum absolute atomic E-state index is 5.65. The third-order valence-electron chi connectivity index (χ3n) is 2.59. The highest BCUT2D eigenvalue weighted by atomic mass is 79.9. The van der Waals surface area contributed by atoms with Gasteiger partial charge < -0.3 is 9.15 Å². The molecule has 0 aromatic carbocycles. The summed E-state index contributed by atoms with van der Waals surface area (Å²) in [5.41, 5.74) is 2.40. The van der Waals surface area contributed by atoms with Crippen LogP contribution in [0.3, 0.4) is 0 Å². The van der Waals surface area contributed by atoms with Crippen LogP contribution in [0, 0.1) is 6.92 Å². The number of hydrogen-bond acceptors (Lipinski definition) is 3. The molecule has 0 bridgehead atoms. The van der Waals surface area contributed by atoms with Gasteiger partial charge in [-0.25, -0.2) is 0 Å². The van der Waals surface area contributed by atoms with Gasteiger partial charge in [0.25, 0.3) is 0 Å². The lowest BCUT2D eigenvalue weighted by molar-refractivity contribution is 0.327. The van der Waals surface area contributed by atoms with Crippen molar-refractivity contribution in [3.05, 3.63) is 38.4 Å². The van der Waals surface area contributed by atoms with Crippen LogP contribution in [0.2, 0.25) is 0 Å². The number of fused-ring (bicyclic) bond motifs is 1. The Morgan fingerprint density at radius 1 is 1.53 bits per heavy atom. The van der Waals surface area contributed by atoms with Crippen molar-refractivity contribution >= 4 is 27.3 Å². The van der Waals surface area contributed by atoms with Crippen molar-refractivity contribution in [3.8, 4) is 5.75 Å². The Hall–Kier alpha value is -0.740. The molecule has 3 rings (SSSR count). The molecule has 0 N–H and O–H groups in total. The van der Waals surface area contributed by atoms with Crippen molar-refractivity contribution in [2.75, 3.05) is 6.61 Å². The quantitative estimate of drug-likeness (QED) is 0.792. The predicted octanol–water partition coefficient (Wildman–Crippen LogP) is 3.94. The van der Waals surface area contributed by atoms with Gasteiger partial charge in [0.1, 0.15) is 21.9 Å². The lowest BCUT2D eigenvalue weighted by atomic mass is 10.0. The van der Waals surface area contributed by atoms with Gasteiger partial charge in [-0.05, 0) is 39.9 Å². The monoisotopic (exact) mass is 284 g/mol. The average Bonchev–Trinajstić information content (AvgIpc) is 2.84. The van der Waals surface area contributed by atoms with Crippen LogP contribution in [0.15, 0.2) is 25.9 Å². The van der Waals surface area contributed by atoms with Crippen molar-refractivity contribution in [3.63, 3.8) is 0 Å². The zero-order valence-electron chi connectivity index (χ0n) is 8.12. The first-order chi connectivity index (χ1) is 7.25. The largest absolute Gasteiger partial charge is 0.490 e. The highest BCUT2D eigenvalue weighted by molar-refractivity contribution is 9.11. The Morgan fingerprint density at radius 2 is 2.40 bits per heavy atom. The van der Waals surface area contributed by atoms with Gasteiger partial charge in [-0.3, -0.25) is 0 Å². The molecule has 78 valence electrons. The second-order valence-corrected chi connectivity index (χ2v) is 5.88. The van der Waals surface area contributed by atoms with Crippen molar-refractivity contribution in [1.29, 1.82) is 0 Å². The topological polar surface area (TPSA) is 22.4 Å². The Balaban J connectivity index is 2.03. The molecule has 3 heterocycles. The number of rotatable bonds is 1. The third kappa shape index (κ3) is 1.43. The molecule has 2 aromatic heterocycles. The molecule has 2 nitrogen and oxygen atoms in total. The van der Waals surface area contributed by atoms with Crippen LogP contribution < -0.4 is 4.74 Å². The molecule has 1 atom stereocenters. The molecular weight excluding hydrogens is 276 g/mol. The highest BCUT2D eigenvalue weighted by Gasteiger charge is 2.30. The van der Waals surface area contributed by atoms with Gasteiger partial charge in [-0.15, -0.1) is 11.3 Å². The molecule has 0 radical (unpaired) electrons. The Labute approximate surface area is 100.0 Å². The standard InChI is InChI=1S/C11H9BrO2S/c1-6-2-9(13-3-6)7-4-14-10-8(7)5-15-11(10)12/h2-3,5,7H,4H2,1H3. The van der Waals surface area contributed by atoms with E-state index >= 15 is 0 Å². The molecular formula is C11H9BrO2S. The Kier molecular flexibility index (Phi) is 2.14. The van der Waals surface area contributed by atoms with Gasteiger partial charge in [-0.1, -0.05) is 0 Å². The molecule has 0 fully saturated rings. The van der Waals surface area contributed by atoms with Crippen molar-refractivity contribution in [2.45, 2.75) is 12.8 Å². The van der Waals surface area contributed by atoms with E-state index in [0.29, 0.717) is 6.61 Å². The fraction of sp³-hybridized carbons (Fsp3) is 0.273. The lowest BCUT2D eigenvalue weighted by Gasteiger charge is -2.02. The first-order valence-corrected chi connectivity index (χ1v) is 6.37. The minimum Gasteiger partial charge on any atom is -0.490 e. The van der Waals surface area contributed by atoms with Crippen molar-refractivity contribution in [1.82, 2.24) is 0 Å². The summed E-state index contributed by atoms with van der Waals surface area (Å²) < 4.78 is 12.2. The van der Waals surface area contributed by atoms with E-state index < -0.39 is 0 Å². The van der Waals surface area contributed by atoms with Crippen LogP contribution in [-0.4, -0.2) is 6.61 Å². The molecule has 0 aliphatic carbocycles. The Bertz CT molecular complexity index is 500. The van der Waals surface area contributed by atoms with Gasteiger partial charge >= 0.3 is 0 Å². The van der Waals surface area contributed by atoms with E-state index in [2.05, 4.69) is 27.4 Å². The molecule has 1 aliphatic heterocycles. The number of ether oxygens (including phenoxy) is 1. The maximum Gasteiger partial charge on any atom is 0.148 e. The zero-order chi connectivity index (χ0) is 10.4. The second-order valence-electron chi connectivity index (χ2n) is 3.68. The molecule has 0 spiro atoms. The van der Waals surface area contributed by atoms with Crippen LogP contribution in [0.5, 0.6) is 5.75 Å². The summed E-state index contributed by atoms with van der Waals surface area (Å²) in [5.74, 6) is 2.24. The molecule has 0 saturated heterocycles. The minimum atomic E-state index is 0.260. The van der Waals surface area contributed by atoms with Gasteiger partial charge in [0, 0.05) is 5.56 Å². The average molecular weight is 285 g/mol. The number of furan rings is 1. The maximum atomic E-state index is 5.65. The van der Waals surface area contributed by atoms with E-state index in [9.17, 15) is 0 Å². The summed E-state index contributed by atoms with van der Waals surface area (Å²) >= 11 is 5.15. The number of aryl methyl sites for hydroxylation is 1. The first kappa shape index (κ1) is 9.48. The molecule has 15 heavy (non-hydrogen) atoms. The van der Waals surface area contributed by atoms with E-state index in [-0.39, 0.29) is 5.92 Å². The van der Waals surface area contributed by atoms with E-state index in [1.54, 1.807) is 17.6 Å². The summed E-state index contributed by atoms with van der Waals surface area (Å²) in [6.07, 6.45) is 1.79. The molecule has 1 unspecified atom stereocenters. The summed E-state index contributed by atoms with van der Waals surface area (Å²) in [5, 5.41) is 2.13. The van der Waals surface area contributed by atoms with E-state index in [1.165, 1.54) is 5.56 Å². The summed E-state index contributed by atoms with van der Waals surface area (Å²) in [4.78, 5) is 0. The minimum absolute atomic E-state index is 0.260. The number of hydrogen-bond donors (Lipinski definition) is 0. The van der Waals surface area contributed by atoms with Gasteiger partial charge in [-0.2, -0.15) is 0 Å². The second kappa shape index (κ2) is 3.39. The number of thiophene rings is 1. The first-order valence-electron chi connectivity index (χ1n) is 4.70. The van der Waals surface area contributed by atoms with Gasteiger partial charge in [0.2, 0.25) is 0 Å². The number of halogens is 1. The molecule has 1 aliphatic rings. The smallest absolute Gasteiger partial charge is 0.148 e. The summed E-state index contributed by atoms with van der Waals surface area (Å²) in [6, 6.07) is 2.08. The summed E-state index contributed by atoms with van der Waals surface area (Å²) in [6.45, 7) is 2.72. The summed E-state index contributed by atoms with van der Waals surface area (Å²) in [7, 11) is 0. The van der Waals surface area contributed by atoms with E-state index in [4.69, 9.17) is 9.15 Å². The lowest BCUT2D eigenvalue weighted by Crippen LogP contribution is -2.00. The molecule has 0 amide bonds. The van der Waals surface area contributed by atoms with Crippen LogP contribution in [0.25, 0.3) is 0 Å². The van der Waals surface area contributed by atoms with Crippen LogP contribution in [-0.2, 0) is 0 Å². The zero-order valence-corrected chi connectivity index (χ0v) is 10.5. The molecule has 4 heteroatoms. The molecule has 0 saturated carbocycles. The van der Waals surface area contributed by atoms with Gasteiger partial charge in [0.05, 0.1) is 12.2 Å². The predicted molar refractivity (Wildman–Crippen MR) is 62.8 cm³/mol.